The van der Waals surface area contributed by atoms with Crippen molar-refractivity contribution in [1.29, 1.82) is 5.26 Å². The molecule has 0 heterocycles. The zero-order chi connectivity index (χ0) is 12.1. The van der Waals surface area contributed by atoms with Crippen molar-refractivity contribution in [1.82, 2.24) is 0 Å². The maximum absolute atomic E-state index is 8.94. The van der Waals surface area contributed by atoms with Crippen LogP contribution in [0.4, 0.5) is 0 Å². The van der Waals surface area contributed by atoms with Gasteiger partial charge in [0.05, 0.1) is 24.4 Å². The second kappa shape index (κ2) is 5.57. The summed E-state index contributed by atoms with van der Waals surface area (Å²) >= 11 is 3.41. The van der Waals surface area contributed by atoms with E-state index in [1.54, 1.807) is 7.11 Å². The summed E-state index contributed by atoms with van der Waals surface area (Å²) in [5, 5.41) is 8.94. The van der Waals surface area contributed by atoms with Gasteiger partial charge in [-0.15, -0.1) is 0 Å². The van der Waals surface area contributed by atoms with E-state index < -0.39 is 0 Å². The van der Waals surface area contributed by atoms with Gasteiger partial charge in [-0.2, -0.15) is 5.26 Å². The molecule has 2 N–H and O–H groups in total. The van der Waals surface area contributed by atoms with E-state index in [9.17, 15) is 0 Å². The Morgan fingerprint density at radius 1 is 1.56 bits per heavy atom. The molecule has 0 bridgehead atoms. The van der Waals surface area contributed by atoms with Crippen LogP contribution in [0.3, 0.4) is 0 Å². The van der Waals surface area contributed by atoms with Crippen molar-refractivity contribution >= 4 is 21.6 Å². The standard InChI is InChI=1S/C12H13BrN2O/c1-3-8(7-14)12(15)10-6-9(16-2)4-5-11(10)13/h4-6H,3,15H2,1-2H3/b12-8-. The number of nitrogens with zero attached hydrogens (tertiary/aromatic N) is 1. The fourth-order valence-electron chi connectivity index (χ4n) is 1.33. The first kappa shape index (κ1) is 12.6. The molecule has 1 rings (SSSR count). The topological polar surface area (TPSA) is 59.0 Å². The molecule has 0 aromatic heterocycles. The molecule has 3 nitrogen and oxygen atoms in total. The van der Waals surface area contributed by atoms with Gasteiger partial charge in [-0.05, 0) is 24.6 Å². The molecule has 0 saturated carbocycles. The van der Waals surface area contributed by atoms with Gasteiger partial charge in [0.1, 0.15) is 5.75 Å². The third kappa shape index (κ3) is 2.56. The number of nitriles is 1. The minimum atomic E-state index is 0.496. The van der Waals surface area contributed by atoms with Crippen LogP contribution in [0.25, 0.3) is 5.70 Å². The lowest BCUT2D eigenvalue weighted by Crippen LogP contribution is -2.02. The summed E-state index contributed by atoms with van der Waals surface area (Å²) in [7, 11) is 1.60. The van der Waals surface area contributed by atoms with Gasteiger partial charge in [-0.3, -0.25) is 0 Å². The van der Waals surface area contributed by atoms with Crippen molar-refractivity contribution < 1.29 is 4.74 Å². The van der Waals surface area contributed by atoms with Crippen LogP contribution in [-0.2, 0) is 0 Å². The number of halogens is 1. The largest absolute Gasteiger partial charge is 0.497 e. The van der Waals surface area contributed by atoms with Crippen LogP contribution in [0.2, 0.25) is 0 Å². The van der Waals surface area contributed by atoms with E-state index in [2.05, 4.69) is 22.0 Å². The third-order valence-corrected chi connectivity index (χ3v) is 2.97. The van der Waals surface area contributed by atoms with Crippen LogP contribution >= 0.6 is 15.9 Å². The molecule has 4 heteroatoms. The second-order valence-corrected chi connectivity index (χ2v) is 4.06. The maximum Gasteiger partial charge on any atom is 0.119 e. The molecule has 0 spiro atoms. The average molecular weight is 281 g/mol. The molecule has 0 aliphatic heterocycles. The lowest BCUT2D eigenvalue weighted by atomic mass is 10.1. The number of allylic oxidation sites excluding steroid dienone is 1. The normalized spacial score (nSPS) is 11.6. The first-order valence-corrected chi connectivity index (χ1v) is 5.66. The first-order valence-electron chi connectivity index (χ1n) is 4.86. The summed E-state index contributed by atoms with van der Waals surface area (Å²) in [6.45, 7) is 1.90. The predicted molar refractivity (Wildman–Crippen MR) is 67.7 cm³/mol. The Labute approximate surface area is 104 Å². The average Bonchev–Trinajstić information content (AvgIpc) is 2.31. The first-order chi connectivity index (χ1) is 7.63. The summed E-state index contributed by atoms with van der Waals surface area (Å²) in [5.74, 6) is 0.717. The van der Waals surface area contributed by atoms with Gasteiger partial charge in [-0.25, -0.2) is 0 Å². The van der Waals surface area contributed by atoms with Crippen LogP contribution in [0.15, 0.2) is 28.2 Å². The summed E-state index contributed by atoms with van der Waals surface area (Å²) < 4.78 is 5.98. The van der Waals surface area contributed by atoms with Gasteiger partial charge in [0.2, 0.25) is 0 Å². The van der Waals surface area contributed by atoms with Gasteiger partial charge in [0, 0.05) is 10.0 Å². The monoisotopic (exact) mass is 280 g/mol. The fourth-order valence-corrected chi connectivity index (χ4v) is 1.79. The molecule has 0 atom stereocenters. The van der Waals surface area contributed by atoms with Crippen molar-refractivity contribution in [2.75, 3.05) is 7.11 Å². The Bertz CT molecular complexity index is 461. The molecular formula is C12H13BrN2O. The highest BCUT2D eigenvalue weighted by molar-refractivity contribution is 9.10. The highest BCUT2D eigenvalue weighted by atomic mass is 79.9. The van der Waals surface area contributed by atoms with Gasteiger partial charge in [0.25, 0.3) is 0 Å². The van der Waals surface area contributed by atoms with E-state index in [4.69, 9.17) is 15.7 Å². The number of benzene rings is 1. The minimum Gasteiger partial charge on any atom is -0.497 e. The van der Waals surface area contributed by atoms with Crippen LogP contribution < -0.4 is 10.5 Å². The lowest BCUT2D eigenvalue weighted by Gasteiger charge is -2.09. The minimum absolute atomic E-state index is 0.496. The van der Waals surface area contributed by atoms with Gasteiger partial charge in [-0.1, -0.05) is 22.9 Å². The Hall–Kier alpha value is -1.47. The van der Waals surface area contributed by atoms with Crippen LogP contribution in [-0.4, -0.2) is 7.11 Å². The van der Waals surface area contributed by atoms with E-state index in [0.29, 0.717) is 17.7 Å². The Kier molecular flexibility index (Phi) is 4.39. The SMILES string of the molecule is CC/C(C#N)=C(/N)c1cc(OC)ccc1Br. The number of hydrogen-bond donors (Lipinski definition) is 1. The molecule has 0 unspecified atom stereocenters. The zero-order valence-electron chi connectivity index (χ0n) is 9.25. The zero-order valence-corrected chi connectivity index (χ0v) is 10.8. The summed E-state index contributed by atoms with van der Waals surface area (Å²) in [6, 6.07) is 7.60. The van der Waals surface area contributed by atoms with Crippen molar-refractivity contribution in [3.05, 3.63) is 33.8 Å². The number of nitrogens with two attached hydrogens (primary N) is 1. The molecule has 1 aromatic carbocycles. The number of rotatable bonds is 3. The summed E-state index contributed by atoms with van der Waals surface area (Å²) in [5.41, 5.74) is 7.82. The fraction of sp³-hybridized carbons (Fsp3) is 0.250. The van der Waals surface area contributed by atoms with Crippen molar-refractivity contribution in [2.45, 2.75) is 13.3 Å². The number of hydrogen-bond acceptors (Lipinski definition) is 3. The molecule has 1 aromatic rings. The van der Waals surface area contributed by atoms with E-state index in [1.807, 2.05) is 25.1 Å². The van der Waals surface area contributed by atoms with Crippen LogP contribution in [0.1, 0.15) is 18.9 Å². The van der Waals surface area contributed by atoms with E-state index >= 15 is 0 Å². The number of methoxy groups -OCH3 is 1. The molecule has 0 aliphatic rings. The summed E-state index contributed by atoms with van der Waals surface area (Å²) in [4.78, 5) is 0. The second-order valence-electron chi connectivity index (χ2n) is 3.20. The smallest absolute Gasteiger partial charge is 0.119 e. The highest BCUT2D eigenvalue weighted by Gasteiger charge is 2.09. The third-order valence-electron chi connectivity index (χ3n) is 2.28. The van der Waals surface area contributed by atoms with Crippen LogP contribution in [0, 0.1) is 11.3 Å². The van der Waals surface area contributed by atoms with E-state index in [1.165, 1.54) is 0 Å². The Morgan fingerprint density at radius 3 is 2.75 bits per heavy atom. The van der Waals surface area contributed by atoms with Crippen molar-refractivity contribution in [2.24, 2.45) is 5.73 Å². The molecule has 0 radical (unpaired) electrons. The Balaban J connectivity index is 3.33. The van der Waals surface area contributed by atoms with Crippen molar-refractivity contribution in [3.63, 3.8) is 0 Å². The van der Waals surface area contributed by atoms with Crippen LogP contribution in [0.5, 0.6) is 5.75 Å². The quantitative estimate of drug-likeness (QED) is 0.866. The molecule has 0 aliphatic carbocycles. The predicted octanol–water partition coefficient (Wildman–Crippen LogP) is 3.06. The summed E-state index contributed by atoms with van der Waals surface area (Å²) in [6.07, 6.45) is 0.617. The molecule has 16 heavy (non-hydrogen) atoms. The molecule has 0 fully saturated rings. The lowest BCUT2D eigenvalue weighted by molar-refractivity contribution is 0.414. The molecule has 84 valence electrons. The van der Waals surface area contributed by atoms with Gasteiger partial charge < -0.3 is 10.5 Å². The van der Waals surface area contributed by atoms with Crippen molar-refractivity contribution in [3.8, 4) is 11.8 Å². The van der Waals surface area contributed by atoms with E-state index in [-0.39, 0.29) is 0 Å². The number of ether oxygens (including phenoxy) is 1. The molecular weight excluding hydrogens is 268 g/mol. The Morgan fingerprint density at radius 2 is 2.25 bits per heavy atom. The molecule has 0 amide bonds. The highest BCUT2D eigenvalue weighted by Crippen LogP contribution is 2.28. The van der Waals surface area contributed by atoms with Gasteiger partial charge in [0.15, 0.2) is 0 Å². The maximum atomic E-state index is 8.94. The molecule has 0 saturated heterocycles. The van der Waals surface area contributed by atoms with Gasteiger partial charge >= 0.3 is 0 Å². The van der Waals surface area contributed by atoms with E-state index in [0.717, 1.165) is 15.8 Å².